The predicted molar refractivity (Wildman–Crippen MR) is 136 cm³/mol. The lowest BCUT2D eigenvalue weighted by molar-refractivity contribution is -0.119. The van der Waals surface area contributed by atoms with Gasteiger partial charge in [0.05, 0.1) is 35.2 Å². The SMILES string of the molecule is NC1=NCc2cc(Cl)c(c(Cl)c2)NC(=O)CNCCC=CCOc2ccc(cc2)C(=O)CC(=O)N1. The second-order valence-electron chi connectivity index (χ2n) is 7.60. The third-order valence-electron chi connectivity index (χ3n) is 4.85. The second-order valence-corrected chi connectivity index (χ2v) is 8.42. The molecular formula is C24H25Cl2N5O4. The largest absolute Gasteiger partial charge is 0.490 e. The molecule has 4 heterocycles. The van der Waals surface area contributed by atoms with Gasteiger partial charge < -0.3 is 21.1 Å². The zero-order valence-corrected chi connectivity index (χ0v) is 20.3. The van der Waals surface area contributed by atoms with E-state index in [-0.39, 0.29) is 47.2 Å². The maximum absolute atomic E-state index is 12.4. The van der Waals surface area contributed by atoms with Crippen LogP contribution in [0, 0.1) is 0 Å². The molecule has 184 valence electrons. The summed E-state index contributed by atoms with van der Waals surface area (Å²) in [7, 11) is 0. The summed E-state index contributed by atoms with van der Waals surface area (Å²) in [6, 6.07) is 9.71. The Labute approximate surface area is 212 Å². The Kier molecular flexibility index (Phi) is 9.66. The Morgan fingerprint density at radius 2 is 1.66 bits per heavy atom. The molecule has 0 fully saturated rings. The summed E-state index contributed by atoms with van der Waals surface area (Å²) in [5.74, 6) is -0.800. The van der Waals surface area contributed by atoms with Gasteiger partial charge in [0.25, 0.3) is 0 Å². The number of nitrogens with zero attached hydrogens (tertiary/aromatic N) is 1. The van der Waals surface area contributed by atoms with Crippen LogP contribution in [-0.4, -0.2) is 43.3 Å². The molecule has 4 aliphatic rings. The number of amides is 2. The molecule has 0 saturated heterocycles. The lowest BCUT2D eigenvalue weighted by atomic mass is 10.1. The predicted octanol–water partition coefficient (Wildman–Crippen LogP) is 3.06. The van der Waals surface area contributed by atoms with Crippen molar-refractivity contribution in [2.45, 2.75) is 19.4 Å². The molecule has 0 saturated carbocycles. The fourth-order valence-electron chi connectivity index (χ4n) is 3.13. The molecule has 9 nitrogen and oxygen atoms in total. The van der Waals surface area contributed by atoms with E-state index in [4.69, 9.17) is 33.7 Å². The number of hydrogen-bond donors (Lipinski definition) is 4. The van der Waals surface area contributed by atoms with Crippen LogP contribution in [-0.2, 0) is 16.1 Å². The zero-order valence-electron chi connectivity index (χ0n) is 18.8. The minimum Gasteiger partial charge on any atom is -0.490 e. The highest BCUT2D eigenvalue weighted by molar-refractivity contribution is 6.39. The van der Waals surface area contributed by atoms with Crippen LogP contribution in [0.3, 0.4) is 0 Å². The molecule has 0 spiro atoms. The van der Waals surface area contributed by atoms with Gasteiger partial charge in [-0.05, 0) is 54.9 Å². The molecule has 2 aromatic rings. The average Bonchev–Trinajstić information content (AvgIpc) is 2.81. The van der Waals surface area contributed by atoms with E-state index in [0.29, 0.717) is 42.1 Å². The van der Waals surface area contributed by atoms with Crippen LogP contribution in [0.25, 0.3) is 0 Å². The molecule has 2 aromatic carbocycles. The van der Waals surface area contributed by atoms with Gasteiger partial charge in [0.1, 0.15) is 12.4 Å². The number of aliphatic imine (C=N–C) groups is 1. The van der Waals surface area contributed by atoms with E-state index in [1.165, 1.54) is 0 Å². The van der Waals surface area contributed by atoms with Crippen molar-refractivity contribution >= 4 is 52.4 Å². The Balaban J connectivity index is 1.74. The van der Waals surface area contributed by atoms with Gasteiger partial charge in [0.15, 0.2) is 11.7 Å². The molecule has 4 aliphatic heterocycles. The average molecular weight is 518 g/mol. The summed E-state index contributed by atoms with van der Waals surface area (Å²) in [6.07, 6.45) is 4.11. The number of halogens is 2. The van der Waals surface area contributed by atoms with Crippen LogP contribution >= 0.6 is 23.2 Å². The Morgan fingerprint density at radius 3 is 2.37 bits per heavy atom. The van der Waals surface area contributed by atoms with Gasteiger partial charge in [-0.1, -0.05) is 35.4 Å². The van der Waals surface area contributed by atoms with Crippen molar-refractivity contribution in [3.63, 3.8) is 0 Å². The number of hydrogen-bond acceptors (Lipinski definition) is 7. The van der Waals surface area contributed by atoms with Gasteiger partial charge in [-0.25, -0.2) is 4.99 Å². The number of nitrogens with two attached hydrogens (primary N) is 1. The standard InChI is InChI=1S/C24H25Cl2N5O4/c25-18-10-15-11-19(26)23(18)30-22(34)14-28-8-2-1-3-9-35-17-6-4-16(5-7-17)20(32)12-21(33)31-24(27)29-13-15/h1,3-7,10-11,28H,2,8-9,12-14H2,(H,30,34)(H3,27,29,31,33). The van der Waals surface area contributed by atoms with Crippen molar-refractivity contribution in [3.8, 4) is 5.75 Å². The molecule has 4 bridgehead atoms. The lowest BCUT2D eigenvalue weighted by Gasteiger charge is -2.11. The lowest BCUT2D eigenvalue weighted by Crippen LogP contribution is -2.37. The summed E-state index contributed by atoms with van der Waals surface area (Å²) in [5, 5.41) is 8.60. The topological polar surface area (TPSA) is 135 Å². The number of ether oxygens (including phenoxy) is 1. The number of guanidine groups is 1. The fraction of sp³-hybridized carbons (Fsp3) is 0.250. The molecule has 2 amide bonds. The monoisotopic (exact) mass is 517 g/mol. The van der Waals surface area contributed by atoms with E-state index in [0.717, 1.165) is 0 Å². The summed E-state index contributed by atoms with van der Waals surface area (Å²) in [6.45, 7) is 1.10. The maximum Gasteiger partial charge on any atom is 0.238 e. The van der Waals surface area contributed by atoms with E-state index in [1.807, 2.05) is 12.2 Å². The molecule has 6 rings (SSSR count). The Morgan fingerprint density at radius 1 is 0.943 bits per heavy atom. The Bertz CT molecular complexity index is 1130. The van der Waals surface area contributed by atoms with Crippen LogP contribution in [0.2, 0.25) is 10.0 Å². The molecular weight excluding hydrogens is 493 g/mol. The number of anilines is 1. The quantitative estimate of drug-likeness (QED) is 0.313. The van der Waals surface area contributed by atoms with E-state index >= 15 is 0 Å². The first-order valence-electron chi connectivity index (χ1n) is 10.8. The molecule has 0 radical (unpaired) electrons. The van der Waals surface area contributed by atoms with E-state index < -0.39 is 5.91 Å². The first kappa shape index (κ1) is 26.2. The normalized spacial score (nSPS) is 16.5. The van der Waals surface area contributed by atoms with Crippen LogP contribution in [0.15, 0.2) is 53.5 Å². The summed E-state index contributed by atoms with van der Waals surface area (Å²) < 4.78 is 5.61. The highest BCUT2D eigenvalue weighted by Gasteiger charge is 2.14. The third-order valence-corrected chi connectivity index (χ3v) is 5.45. The van der Waals surface area contributed by atoms with Crippen molar-refractivity contribution in [2.24, 2.45) is 10.7 Å². The number of Topliss-reactive ketones (excluding diaryl/α,β-unsaturated/α-hetero) is 1. The first-order chi connectivity index (χ1) is 16.8. The van der Waals surface area contributed by atoms with Crippen molar-refractivity contribution in [1.82, 2.24) is 10.6 Å². The summed E-state index contributed by atoms with van der Waals surface area (Å²) >= 11 is 12.6. The number of ketones is 1. The van der Waals surface area contributed by atoms with Crippen LogP contribution in [0.4, 0.5) is 5.69 Å². The number of benzene rings is 2. The van der Waals surface area contributed by atoms with Crippen molar-refractivity contribution in [1.29, 1.82) is 0 Å². The minimum absolute atomic E-state index is 0.0737. The number of nitrogens with one attached hydrogen (secondary N) is 3. The van der Waals surface area contributed by atoms with Crippen LogP contribution < -0.4 is 26.4 Å². The highest BCUT2D eigenvalue weighted by atomic mass is 35.5. The van der Waals surface area contributed by atoms with E-state index in [1.54, 1.807) is 36.4 Å². The maximum atomic E-state index is 12.4. The van der Waals surface area contributed by atoms with E-state index in [2.05, 4.69) is 20.9 Å². The van der Waals surface area contributed by atoms with Gasteiger partial charge in [-0.15, -0.1) is 0 Å². The van der Waals surface area contributed by atoms with Gasteiger partial charge in [0.2, 0.25) is 11.8 Å². The third kappa shape index (κ3) is 8.40. The minimum atomic E-state index is -0.588. The number of rotatable bonds is 0. The highest BCUT2D eigenvalue weighted by Crippen LogP contribution is 2.32. The molecule has 35 heavy (non-hydrogen) atoms. The zero-order chi connectivity index (χ0) is 25.2. The fourth-order valence-corrected chi connectivity index (χ4v) is 3.75. The summed E-state index contributed by atoms with van der Waals surface area (Å²) in [4.78, 5) is 40.9. The van der Waals surface area contributed by atoms with Crippen LogP contribution in [0.1, 0.15) is 28.8 Å². The Hall–Kier alpha value is -3.40. The van der Waals surface area contributed by atoms with Crippen molar-refractivity contribution in [2.75, 3.05) is 25.0 Å². The number of carbonyl (C=O) groups is 3. The molecule has 0 aliphatic carbocycles. The van der Waals surface area contributed by atoms with Crippen molar-refractivity contribution < 1.29 is 19.1 Å². The molecule has 0 unspecified atom stereocenters. The molecule has 11 heteroatoms. The first-order valence-corrected chi connectivity index (χ1v) is 11.6. The van der Waals surface area contributed by atoms with Crippen LogP contribution in [0.5, 0.6) is 5.75 Å². The molecule has 0 aromatic heterocycles. The van der Waals surface area contributed by atoms with Gasteiger partial charge in [-0.2, -0.15) is 0 Å². The summed E-state index contributed by atoms with van der Waals surface area (Å²) in [5.41, 5.74) is 7.07. The smallest absolute Gasteiger partial charge is 0.238 e. The number of carbonyl (C=O) groups excluding carboxylic acids is 3. The van der Waals surface area contributed by atoms with Crippen molar-refractivity contribution in [3.05, 3.63) is 69.7 Å². The second kappa shape index (κ2) is 12.9. The van der Waals surface area contributed by atoms with Gasteiger partial charge in [0, 0.05) is 5.56 Å². The van der Waals surface area contributed by atoms with E-state index in [9.17, 15) is 14.4 Å². The molecule has 0 atom stereocenters. The molecule has 5 N–H and O–H groups in total. The van der Waals surface area contributed by atoms with Gasteiger partial charge in [-0.3, -0.25) is 19.7 Å². The van der Waals surface area contributed by atoms with Gasteiger partial charge >= 0.3 is 0 Å².